The Hall–Kier alpha value is -0.130. The lowest BCUT2D eigenvalue weighted by molar-refractivity contribution is 0.127. The highest BCUT2D eigenvalue weighted by atomic mass is 32.2. The van der Waals surface area contributed by atoms with Gasteiger partial charge in [-0.15, -0.1) is 0 Å². The second-order valence-electron chi connectivity index (χ2n) is 5.63. The van der Waals surface area contributed by atoms with E-state index in [9.17, 15) is 8.42 Å². The van der Waals surface area contributed by atoms with Crippen LogP contribution in [0, 0.1) is 0 Å². The minimum absolute atomic E-state index is 0.107. The Balaban J connectivity index is 1.83. The van der Waals surface area contributed by atoms with Gasteiger partial charge in [-0.1, -0.05) is 0 Å². The molecule has 1 aliphatic heterocycles. The van der Waals surface area contributed by atoms with Crippen molar-refractivity contribution in [2.45, 2.75) is 55.9 Å². The first-order valence-electron chi connectivity index (χ1n) is 6.65. The van der Waals surface area contributed by atoms with E-state index in [1.54, 1.807) is 0 Å². The number of nitrogens with zero attached hydrogens (tertiary/aromatic N) is 1. The summed E-state index contributed by atoms with van der Waals surface area (Å²) in [5, 5.41) is -0.107. The predicted molar refractivity (Wildman–Crippen MR) is 69.7 cm³/mol. The van der Waals surface area contributed by atoms with Crippen molar-refractivity contribution in [1.82, 2.24) is 4.90 Å². The zero-order chi connectivity index (χ0) is 12.5. The van der Waals surface area contributed by atoms with Crippen LogP contribution in [-0.2, 0) is 9.84 Å². The lowest BCUT2D eigenvalue weighted by atomic mass is 9.90. The molecule has 100 valence electrons. The van der Waals surface area contributed by atoms with Gasteiger partial charge in [-0.2, -0.15) is 0 Å². The smallest absolute Gasteiger partial charge is 0.150 e. The van der Waals surface area contributed by atoms with Crippen molar-refractivity contribution in [2.75, 3.05) is 19.3 Å². The lowest BCUT2D eigenvalue weighted by Gasteiger charge is -2.39. The molecule has 2 N–H and O–H groups in total. The largest absolute Gasteiger partial charge is 0.328 e. The molecule has 1 aliphatic carbocycles. The van der Waals surface area contributed by atoms with Gasteiger partial charge in [-0.3, -0.25) is 0 Å². The third kappa shape index (κ3) is 3.42. The van der Waals surface area contributed by atoms with Gasteiger partial charge in [0.1, 0.15) is 9.84 Å². The summed E-state index contributed by atoms with van der Waals surface area (Å²) in [6, 6.07) is 1.04. The molecular formula is C12H24N2O2S. The van der Waals surface area contributed by atoms with Crippen molar-refractivity contribution >= 4 is 9.84 Å². The average Bonchev–Trinajstić information content (AvgIpc) is 2.29. The van der Waals surface area contributed by atoms with E-state index < -0.39 is 9.84 Å². The number of sulfone groups is 1. The highest BCUT2D eigenvalue weighted by Gasteiger charge is 2.31. The van der Waals surface area contributed by atoms with Crippen molar-refractivity contribution in [3.05, 3.63) is 0 Å². The maximum absolute atomic E-state index is 11.5. The normalized spacial score (nSPS) is 33.8. The molecular weight excluding hydrogens is 236 g/mol. The molecule has 0 amide bonds. The van der Waals surface area contributed by atoms with Crippen LogP contribution in [0.25, 0.3) is 0 Å². The Labute approximate surface area is 104 Å². The Morgan fingerprint density at radius 1 is 1.00 bits per heavy atom. The molecule has 0 radical (unpaired) electrons. The summed E-state index contributed by atoms with van der Waals surface area (Å²) >= 11 is 0. The van der Waals surface area contributed by atoms with E-state index in [1.165, 1.54) is 19.1 Å². The van der Waals surface area contributed by atoms with E-state index >= 15 is 0 Å². The summed E-state index contributed by atoms with van der Waals surface area (Å²) < 4.78 is 23.0. The Morgan fingerprint density at radius 2 is 1.53 bits per heavy atom. The summed E-state index contributed by atoms with van der Waals surface area (Å²) in [7, 11) is -2.84. The first-order chi connectivity index (χ1) is 7.97. The number of piperidine rings is 1. The van der Waals surface area contributed by atoms with Gasteiger partial charge in [-0.25, -0.2) is 8.42 Å². The highest BCUT2D eigenvalue weighted by Crippen LogP contribution is 2.26. The topological polar surface area (TPSA) is 63.4 Å². The van der Waals surface area contributed by atoms with Crippen LogP contribution in [0.2, 0.25) is 0 Å². The Morgan fingerprint density at radius 3 is 2.00 bits per heavy atom. The quantitative estimate of drug-likeness (QED) is 0.796. The highest BCUT2D eigenvalue weighted by molar-refractivity contribution is 7.91. The molecule has 2 aliphatic rings. The number of rotatable bonds is 2. The lowest BCUT2D eigenvalue weighted by Crippen LogP contribution is -2.46. The third-order valence-electron chi connectivity index (χ3n) is 4.34. The maximum atomic E-state index is 11.5. The van der Waals surface area contributed by atoms with Crippen molar-refractivity contribution in [2.24, 2.45) is 5.73 Å². The molecule has 0 aromatic carbocycles. The zero-order valence-corrected chi connectivity index (χ0v) is 11.5. The van der Waals surface area contributed by atoms with Gasteiger partial charge in [-0.05, 0) is 51.6 Å². The van der Waals surface area contributed by atoms with E-state index in [0.717, 1.165) is 38.8 Å². The fourth-order valence-corrected chi connectivity index (χ4v) is 4.20. The predicted octanol–water partition coefficient (Wildman–Crippen LogP) is 0.765. The third-order valence-corrected chi connectivity index (χ3v) is 6.02. The van der Waals surface area contributed by atoms with E-state index in [2.05, 4.69) is 4.90 Å². The van der Waals surface area contributed by atoms with Gasteiger partial charge in [0.15, 0.2) is 0 Å². The number of nitrogens with two attached hydrogens (primary N) is 1. The first-order valence-corrected chi connectivity index (χ1v) is 8.61. The standard InChI is InChI=1S/C12H24N2O2S/c1-17(15,16)12-6-8-14(9-7-12)11-4-2-10(13)3-5-11/h10-12H,2-9,13H2,1H3. The molecule has 2 rings (SSSR count). The van der Waals surface area contributed by atoms with Gasteiger partial charge in [0.2, 0.25) is 0 Å². The molecule has 0 unspecified atom stereocenters. The fraction of sp³-hybridized carbons (Fsp3) is 1.00. The van der Waals surface area contributed by atoms with E-state index in [0.29, 0.717) is 12.1 Å². The summed E-state index contributed by atoms with van der Waals surface area (Å²) in [5.41, 5.74) is 5.91. The zero-order valence-electron chi connectivity index (χ0n) is 10.6. The van der Waals surface area contributed by atoms with E-state index in [4.69, 9.17) is 5.73 Å². The minimum Gasteiger partial charge on any atom is -0.328 e. The first kappa shape index (κ1) is 13.3. The minimum atomic E-state index is -2.84. The van der Waals surface area contributed by atoms with Crippen LogP contribution >= 0.6 is 0 Å². The average molecular weight is 260 g/mol. The summed E-state index contributed by atoms with van der Waals surface area (Å²) in [4.78, 5) is 2.48. The molecule has 0 bridgehead atoms. The molecule has 1 saturated carbocycles. The van der Waals surface area contributed by atoms with E-state index in [-0.39, 0.29) is 5.25 Å². The SMILES string of the molecule is CS(=O)(=O)C1CCN(C2CCC(N)CC2)CC1. The van der Waals surface area contributed by atoms with Crippen molar-refractivity contribution in [3.63, 3.8) is 0 Å². The molecule has 0 atom stereocenters. The molecule has 0 aromatic heterocycles. The van der Waals surface area contributed by atoms with Gasteiger partial charge in [0, 0.05) is 18.3 Å². The molecule has 5 heteroatoms. The van der Waals surface area contributed by atoms with Crippen LogP contribution in [0.15, 0.2) is 0 Å². The van der Waals surface area contributed by atoms with Crippen LogP contribution in [-0.4, -0.2) is 50.0 Å². The summed E-state index contributed by atoms with van der Waals surface area (Å²) in [6.45, 7) is 1.88. The van der Waals surface area contributed by atoms with Gasteiger partial charge >= 0.3 is 0 Å². The molecule has 4 nitrogen and oxygen atoms in total. The fourth-order valence-electron chi connectivity index (χ4n) is 3.14. The molecule has 1 heterocycles. The van der Waals surface area contributed by atoms with Gasteiger partial charge < -0.3 is 10.6 Å². The molecule has 0 spiro atoms. The number of hydrogen-bond acceptors (Lipinski definition) is 4. The van der Waals surface area contributed by atoms with Gasteiger partial charge in [0.25, 0.3) is 0 Å². The van der Waals surface area contributed by atoms with Crippen molar-refractivity contribution in [3.8, 4) is 0 Å². The van der Waals surface area contributed by atoms with Crippen molar-refractivity contribution < 1.29 is 8.42 Å². The monoisotopic (exact) mass is 260 g/mol. The van der Waals surface area contributed by atoms with Gasteiger partial charge in [0.05, 0.1) is 5.25 Å². The molecule has 17 heavy (non-hydrogen) atoms. The second-order valence-corrected chi connectivity index (χ2v) is 7.96. The summed E-state index contributed by atoms with van der Waals surface area (Å²) in [6.07, 6.45) is 7.60. The molecule has 0 aromatic rings. The number of hydrogen-bond donors (Lipinski definition) is 1. The second kappa shape index (κ2) is 5.24. The van der Waals surface area contributed by atoms with Crippen LogP contribution in [0.3, 0.4) is 0 Å². The maximum Gasteiger partial charge on any atom is 0.150 e. The summed E-state index contributed by atoms with van der Waals surface area (Å²) in [5.74, 6) is 0. The Bertz CT molecular complexity index is 340. The van der Waals surface area contributed by atoms with Crippen LogP contribution < -0.4 is 5.73 Å². The Kier molecular flexibility index (Phi) is 4.10. The number of likely N-dealkylation sites (tertiary alicyclic amines) is 1. The van der Waals surface area contributed by atoms with Crippen molar-refractivity contribution in [1.29, 1.82) is 0 Å². The van der Waals surface area contributed by atoms with Crippen LogP contribution in [0.1, 0.15) is 38.5 Å². The van der Waals surface area contributed by atoms with Crippen LogP contribution in [0.4, 0.5) is 0 Å². The van der Waals surface area contributed by atoms with E-state index in [1.807, 2.05) is 0 Å². The molecule has 2 fully saturated rings. The van der Waals surface area contributed by atoms with Crippen LogP contribution in [0.5, 0.6) is 0 Å². The molecule has 1 saturated heterocycles.